The summed E-state index contributed by atoms with van der Waals surface area (Å²) in [6, 6.07) is 8.56. The highest BCUT2D eigenvalue weighted by molar-refractivity contribution is 5.72. The summed E-state index contributed by atoms with van der Waals surface area (Å²) in [5.74, 6) is 0.845. The number of nitrogens with zero attached hydrogens (tertiary/aromatic N) is 4. The highest BCUT2D eigenvalue weighted by Gasteiger charge is 2.22. The van der Waals surface area contributed by atoms with Crippen LogP contribution in [0.3, 0.4) is 0 Å². The Morgan fingerprint density at radius 1 is 1.10 bits per heavy atom. The van der Waals surface area contributed by atoms with Crippen molar-refractivity contribution in [3.63, 3.8) is 0 Å². The zero-order valence-electron chi connectivity index (χ0n) is 15.9. The molecule has 9 heteroatoms. The van der Waals surface area contributed by atoms with Crippen molar-refractivity contribution in [2.24, 2.45) is 0 Å². The van der Waals surface area contributed by atoms with Crippen LogP contribution in [0.25, 0.3) is 5.57 Å². The van der Waals surface area contributed by atoms with Gasteiger partial charge in [0.25, 0.3) is 0 Å². The topological polar surface area (TPSA) is 117 Å². The van der Waals surface area contributed by atoms with Gasteiger partial charge < -0.3 is 25.7 Å². The lowest BCUT2D eigenvalue weighted by Crippen LogP contribution is -2.30. The lowest BCUT2D eigenvalue weighted by atomic mass is 9.99. The molecule has 0 atom stereocenters. The molecule has 2 heterocycles. The molecule has 0 bridgehead atoms. The Labute approximate surface area is 168 Å². The molecule has 152 valence electrons. The van der Waals surface area contributed by atoms with E-state index in [-0.39, 0.29) is 32.1 Å². The average Bonchev–Trinajstić information content (AvgIpc) is 2.76. The van der Waals surface area contributed by atoms with E-state index in [9.17, 15) is 9.65 Å². The van der Waals surface area contributed by atoms with Crippen molar-refractivity contribution in [2.45, 2.75) is 6.42 Å². The Morgan fingerprint density at radius 2 is 1.83 bits per heavy atom. The van der Waals surface area contributed by atoms with Crippen molar-refractivity contribution in [2.75, 3.05) is 54.9 Å². The number of aliphatic hydroxyl groups excluding tert-OH is 2. The van der Waals surface area contributed by atoms with E-state index in [1.165, 1.54) is 12.1 Å². The molecule has 8 nitrogen and oxygen atoms in total. The maximum absolute atomic E-state index is 13.2. The molecule has 0 radical (unpaired) electrons. The molecule has 29 heavy (non-hydrogen) atoms. The van der Waals surface area contributed by atoms with Gasteiger partial charge in [-0.1, -0.05) is 18.2 Å². The second-order valence-corrected chi connectivity index (χ2v) is 6.44. The second kappa shape index (κ2) is 9.82. The average molecular weight is 398 g/mol. The van der Waals surface area contributed by atoms with Crippen LogP contribution in [-0.4, -0.2) is 59.6 Å². The first-order chi connectivity index (χ1) is 14.2. The lowest BCUT2D eigenvalue weighted by Gasteiger charge is -2.29. The van der Waals surface area contributed by atoms with Crippen LogP contribution in [0, 0.1) is 17.1 Å². The van der Waals surface area contributed by atoms with Crippen LogP contribution in [-0.2, 0) is 0 Å². The predicted molar refractivity (Wildman–Crippen MR) is 109 cm³/mol. The maximum Gasteiger partial charge on any atom is 0.226 e. The molecule has 0 unspecified atom stereocenters. The number of halogens is 1. The zero-order chi connectivity index (χ0) is 20.6. The van der Waals surface area contributed by atoms with E-state index in [1.807, 2.05) is 11.0 Å². The zero-order valence-corrected chi connectivity index (χ0v) is 15.9. The Morgan fingerprint density at radius 3 is 2.45 bits per heavy atom. The van der Waals surface area contributed by atoms with Gasteiger partial charge in [-0.3, -0.25) is 0 Å². The lowest BCUT2D eigenvalue weighted by molar-refractivity contribution is 0.311. The number of hydrogen-bond donors (Lipinski definition) is 4. The van der Waals surface area contributed by atoms with Crippen LogP contribution in [0.15, 0.2) is 30.3 Å². The summed E-state index contributed by atoms with van der Waals surface area (Å²) >= 11 is 0. The minimum absolute atomic E-state index is 0.0778. The van der Waals surface area contributed by atoms with E-state index >= 15 is 0 Å². The van der Waals surface area contributed by atoms with Gasteiger partial charge in [-0.05, 0) is 29.7 Å². The molecular formula is C20H23FN6O2. The fraction of sp³-hybridized carbons (Fsp3) is 0.350. The highest BCUT2D eigenvalue weighted by atomic mass is 19.1. The van der Waals surface area contributed by atoms with E-state index in [1.54, 1.807) is 12.1 Å². The van der Waals surface area contributed by atoms with Gasteiger partial charge in [0.1, 0.15) is 17.4 Å². The maximum atomic E-state index is 13.2. The Kier molecular flexibility index (Phi) is 6.94. The van der Waals surface area contributed by atoms with Crippen LogP contribution in [0.4, 0.5) is 22.0 Å². The van der Waals surface area contributed by atoms with Gasteiger partial charge in [0.2, 0.25) is 5.95 Å². The molecule has 2 aromatic rings. The third-order valence-electron chi connectivity index (χ3n) is 4.52. The van der Waals surface area contributed by atoms with Crippen LogP contribution < -0.4 is 15.5 Å². The quantitative estimate of drug-likeness (QED) is 0.530. The third kappa shape index (κ3) is 4.99. The molecule has 0 saturated carbocycles. The van der Waals surface area contributed by atoms with Gasteiger partial charge in [0.05, 0.1) is 13.2 Å². The van der Waals surface area contributed by atoms with E-state index in [0.717, 1.165) is 17.6 Å². The van der Waals surface area contributed by atoms with Crippen molar-refractivity contribution in [1.82, 2.24) is 9.97 Å². The van der Waals surface area contributed by atoms with Crippen molar-refractivity contribution < 1.29 is 14.6 Å². The largest absolute Gasteiger partial charge is 0.395 e. The summed E-state index contributed by atoms with van der Waals surface area (Å²) in [6.07, 6.45) is 2.76. The molecule has 1 aliphatic rings. The van der Waals surface area contributed by atoms with E-state index in [2.05, 4.69) is 26.7 Å². The summed E-state index contributed by atoms with van der Waals surface area (Å²) in [5.41, 5.74) is 2.39. The van der Waals surface area contributed by atoms with Gasteiger partial charge in [-0.2, -0.15) is 15.2 Å². The number of aromatic nitrogens is 2. The van der Waals surface area contributed by atoms with Crippen LogP contribution in [0.2, 0.25) is 0 Å². The number of nitriles is 1. The van der Waals surface area contributed by atoms with E-state index in [0.29, 0.717) is 36.2 Å². The Bertz CT molecular complexity index is 910. The van der Waals surface area contributed by atoms with E-state index in [4.69, 9.17) is 10.2 Å². The van der Waals surface area contributed by atoms with Crippen LogP contribution in [0.5, 0.6) is 0 Å². The van der Waals surface area contributed by atoms with Gasteiger partial charge in [0, 0.05) is 26.2 Å². The number of anilines is 3. The van der Waals surface area contributed by atoms with Crippen LogP contribution >= 0.6 is 0 Å². The Balaban J connectivity index is 1.88. The molecule has 1 aromatic heterocycles. The number of hydrogen-bond acceptors (Lipinski definition) is 8. The van der Waals surface area contributed by atoms with Crippen LogP contribution in [0.1, 0.15) is 17.5 Å². The standard InChI is InChI=1S/C20H23FN6O2/c21-16-3-1-14(2-4-16)15-5-9-27(10-6-15)19-17(13-22)18(23-7-11-28)25-20(26-19)24-8-12-29/h1-5,28-29H,6-12H2,(H2,23,24,25,26). The molecule has 0 saturated heterocycles. The van der Waals surface area contributed by atoms with Gasteiger partial charge in [-0.25, -0.2) is 4.39 Å². The fourth-order valence-electron chi connectivity index (χ4n) is 3.12. The monoisotopic (exact) mass is 398 g/mol. The molecule has 0 fully saturated rings. The number of rotatable bonds is 8. The fourth-order valence-corrected chi connectivity index (χ4v) is 3.12. The first-order valence-electron chi connectivity index (χ1n) is 9.37. The minimum atomic E-state index is -0.266. The van der Waals surface area contributed by atoms with Gasteiger partial charge in [0.15, 0.2) is 11.6 Å². The SMILES string of the molecule is N#Cc1c(NCCO)nc(NCCO)nc1N1CC=C(c2ccc(F)cc2)CC1. The van der Waals surface area contributed by atoms with Crippen molar-refractivity contribution in [3.8, 4) is 6.07 Å². The number of aliphatic hydroxyl groups is 2. The predicted octanol–water partition coefficient (Wildman–Crippen LogP) is 1.59. The molecule has 0 aliphatic carbocycles. The van der Waals surface area contributed by atoms with E-state index < -0.39 is 0 Å². The molecule has 0 amide bonds. The second-order valence-electron chi connectivity index (χ2n) is 6.44. The number of benzene rings is 1. The molecule has 3 rings (SSSR count). The molecule has 1 aliphatic heterocycles. The van der Waals surface area contributed by atoms with Crippen molar-refractivity contribution in [3.05, 3.63) is 47.3 Å². The van der Waals surface area contributed by atoms with Crippen molar-refractivity contribution in [1.29, 1.82) is 5.26 Å². The highest BCUT2D eigenvalue weighted by Crippen LogP contribution is 2.30. The first kappa shape index (κ1) is 20.5. The molecule has 4 N–H and O–H groups in total. The van der Waals surface area contributed by atoms with Crippen molar-refractivity contribution >= 4 is 23.2 Å². The smallest absolute Gasteiger partial charge is 0.226 e. The normalized spacial score (nSPS) is 13.6. The Hall–Kier alpha value is -3.22. The third-order valence-corrected chi connectivity index (χ3v) is 4.52. The number of nitrogens with one attached hydrogen (secondary N) is 2. The summed E-state index contributed by atoms with van der Waals surface area (Å²) in [6.45, 7) is 1.52. The van der Waals surface area contributed by atoms with Gasteiger partial charge >= 0.3 is 0 Å². The summed E-state index contributed by atoms with van der Waals surface area (Å²) in [5, 5.41) is 33.7. The molecule has 1 aromatic carbocycles. The molecular weight excluding hydrogens is 375 g/mol. The summed E-state index contributed by atoms with van der Waals surface area (Å²) < 4.78 is 13.2. The first-order valence-corrected chi connectivity index (χ1v) is 9.37. The minimum Gasteiger partial charge on any atom is -0.395 e. The van der Waals surface area contributed by atoms with Gasteiger partial charge in [-0.15, -0.1) is 0 Å². The summed E-state index contributed by atoms with van der Waals surface area (Å²) in [4.78, 5) is 10.7. The summed E-state index contributed by atoms with van der Waals surface area (Å²) in [7, 11) is 0. The molecule has 0 spiro atoms.